The van der Waals surface area contributed by atoms with E-state index in [1.165, 1.54) is 6.20 Å². The molecule has 0 aliphatic carbocycles. The topological polar surface area (TPSA) is 74.3 Å². The molecule has 20 heavy (non-hydrogen) atoms. The van der Waals surface area contributed by atoms with Crippen LogP contribution in [-0.4, -0.2) is 51.0 Å². The van der Waals surface area contributed by atoms with Gasteiger partial charge in [0.15, 0.2) is 0 Å². The van der Waals surface area contributed by atoms with Crippen LogP contribution in [0.1, 0.15) is 20.8 Å². The SMILES string of the molecule is CCNc1ccc(S(=O)(=O)NCCN(CC)CC)cn1. The van der Waals surface area contributed by atoms with Gasteiger partial charge in [-0.1, -0.05) is 13.8 Å². The molecule has 0 saturated heterocycles. The maximum atomic E-state index is 12.1. The van der Waals surface area contributed by atoms with E-state index in [-0.39, 0.29) is 4.90 Å². The van der Waals surface area contributed by atoms with Gasteiger partial charge in [-0.2, -0.15) is 0 Å². The van der Waals surface area contributed by atoms with Crippen molar-refractivity contribution >= 4 is 15.8 Å². The Kier molecular flexibility index (Phi) is 6.90. The molecule has 2 N–H and O–H groups in total. The maximum Gasteiger partial charge on any atom is 0.242 e. The first-order valence-electron chi connectivity index (χ1n) is 6.95. The van der Waals surface area contributed by atoms with Gasteiger partial charge < -0.3 is 10.2 Å². The highest BCUT2D eigenvalue weighted by Crippen LogP contribution is 2.10. The molecular formula is C13H24N4O2S. The minimum atomic E-state index is -3.47. The zero-order chi connectivity index (χ0) is 15.0. The number of rotatable bonds is 9. The second-order valence-electron chi connectivity index (χ2n) is 4.33. The van der Waals surface area contributed by atoms with E-state index in [9.17, 15) is 8.42 Å². The molecule has 1 aromatic rings. The van der Waals surface area contributed by atoms with Crippen molar-refractivity contribution < 1.29 is 8.42 Å². The van der Waals surface area contributed by atoms with Crippen LogP contribution < -0.4 is 10.0 Å². The Morgan fingerprint density at radius 3 is 2.40 bits per heavy atom. The van der Waals surface area contributed by atoms with Crippen molar-refractivity contribution in [3.8, 4) is 0 Å². The second kappa shape index (κ2) is 8.18. The van der Waals surface area contributed by atoms with Crippen LogP contribution in [0.15, 0.2) is 23.2 Å². The number of anilines is 1. The third kappa shape index (κ3) is 5.07. The molecule has 1 aromatic heterocycles. The molecule has 0 spiro atoms. The molecule has 0 bridgehead atoms. The van der Waals surface area contributed by atoms with Gasteiger partial charge in [0.25, 0.3) is 0 Å². The molecule has 114 valence electrons. The molecule has 6 nitrogen and oxygen atoms in total. The Balaban J connectivity index is 2.59. The smallest absolute Gasteiger partial charge is 0.242 e. The van der Waals surface area contributed by atoms with E-state index in [1.54, 1.807) is 12.1 Å². The van der Waals surface area contributed by atoms with Gasteiger partial charge in [-0.05, 0) is 32.1 Å². The highest BCUT2D eigenvalue weighted by molar-refractivity contribution is 7.89. The number of likely N-dealkylation sites (N-methyl/N-ethyl adjacent to an activating group) is 1. The number of pyridine rings is 1. The van der Waals surface area contributed by atoms with Crippen LogP contribution in [0.25, 0.3) is 0 Å². The number of nitrogens with zero attached hydrogens (tertiary/aromatic N) is 2. The predicted octanol–water partition coefficient (Wildman–Crippen LogP) is 1.13. The average Bonchev–Trinajstić information content (AvgIpc) is 2.44. The van der Waals surface area contributed by atoms with E-state index >= 15 is 0 Å². The van der Waals surface area contributed by atoms with Crippen molar-refractivity contribution in [2.45, 2.75) is 25.7 Å². The Morgan fingerprint density at radius 1 is 1.20 bits per heavy atom. The van der Waals surface area contributed by atoms with Crippen LogP contribution in [0.3, 0.4) is 0 Å². The van der Waals surface area contributed by atoms with Crippen LogP contribution in [0, 0.1) is 0 Å². The van der Waals surface area contributed by atoms with Crippen molar-refractivity contribution in [3.63, 3.8) is 0 Å². The minimum Gasteiger partial charge on any atom is -0.370 e. The number of sulfonamides is 1. The molecule has 1 rings (SSSR count). The second-order valence-corrected chi connectivity index (χ2v) is 6.10. The van der Waals surface area contributed by atoms with Crippen LogP contribution in [0.4, 0.5) is 5.82 Å². The summed E-state index contributed by atoms with van der Waals surface area (Å²) in [6, 6.07) is 3.23. The van der Waals surface area contributed by atoms with Crippen molar-refractivity contribution in [2.24, 2.45) is 0 Å². The highest BCUT2D eigenvalue weighted by atomic mass is 32.2. The predicted molar refractivity (Wildman–Crippen MR) is 81.4 cm³/mol. The first-order valence-corrected chi connectivity index (χ1v) is 8.43. The van der Waals surface area contributed by atoms with Gasteiger partial charge >= 0.3 is 0 Å². The number of hydrogen-bond acceptors (Lipinski definition) is 5. The van der Waals surface area contributed by atoms with E-state index in [0.29, 0.717) is 18.9 Å². The Labute approximate surface area is 121 Å². The summed E-state index contributed by atoms with van der Waals surface area (Å²) < 4.78 is 26.7. The maximum absolute atomic E-state index is 12.1. The fourth-order valence-corrected chi connectivity index (χ4v) is 2.75. The van der Waals surface area contributed by atoms with Crippen LogP contribution in [-0.2, 0) is 10.0 Å². The van der Waals surface area contributed by atoms with Gasteiger partial charge in [-0.25, -0.2) is 18.1 Å². The van der Waals surface area contributed by atoms with Crippen molar-refractivity contribution in [3.05, 3.63) is 18.3 Å². The van der Waals surface area contributed by atoms with Crippen LogP contribution in [0.2, 0.25) is 0 Å². The van der Waals surface area contributed by atoms with E-state index in [4.69, 9.17) is 0 Å². The summed E-state index contributed by atoms with van der Waals surface area (Å²) >= 11 is 0. The highest BCUT2D eigenvalue weighted by Gasteiger charge is 2.14. The molecule has 0 radical (unpaired) electrons. The molecule has 0 aromatic carbocycles. The Hall–Kier alpha value is -1.18. The van der Waals surface area contributed by atoms with Crippen LogP contribution in [0.5, 0.6) is 0 Å². The summed E-state index contributed by atoms with van der Waals surface area (Å²) in [7, 11) is -3.47. The molecular weight excluding hydrogens is 276 g/mol. The average molecular weight is 300 g/mol. The van der Waals surface area contributed by atoms with Gasteiger partial charge in [0, 0.05) is 25.8 Å². The summed E-state index contributed by atoms with van der Waals surface area (Å²) in [6.45, 7) is 9.76. The minimum absolute atomic E-state index is 0.193. The van der Waals surface area contributed by atoms with E-state index in [1.807, 2.05) is 6.92 Å². The third-order valence-corrected chi connectivity index (χ3v) is 4.47. The first-order chi connectivity index (χ1) is 9.53. The molecule has 7 heteroatoms. The zero-order valence-electron chi connectivity index (χ0n) is 12.4. The zero-order valence-corrected chi connectivity index (χ0v) is 13.2. The molecule has 0 amide bonds. The summed E-state index contributed by atoms with van der Waals surface area (Å²) in [5, 5.41) is 3.03. The van der Waals surface area contributed by atoms with Gasteiger partial charge in [-0.3, -0.25) is 0 Å². The molecule has 0 unspecified atom stereocenters. The molecule has 0 saturated carbocycles. The quantitative estimate of drug-likeness (QED) is 0.715. The van der Waals surface area contributed by atoms with E-state index < -0.39 is 10.0 Å². The third-order valence-electron chi connectivity index (χ3n) is 3.02. The van der Waals surface area contributed by atoms with E-state index in [0.717, 1.165) is 19.6 Å². The van der Waals surface area contributed by atoms with Gasteiger partial charge in [-0.15, -0.1) is 0 Å². The fraction of sp³-hybridized carbons (Fsp3) is 0.615. The summed E-state index contributed by atoms with van der Waals surface area (Å²) in [5.74, 6) is 0.676. The lowest BCUT2D eigenvalue weighted by Crippen LogP contribution is -2.34. The molecule has 1 heterocycles. The Morgan fingerprint density at radius 2 is 1.90 bits per heavy atom. The Bertz CT molecular complexity index is 484. The molecule has 0 atom stereocenters. The lowest BCUT2D eigenvalue weighted by Gasteiger charge is -2.17. The summed E-state index contributed by atoms with van der Waals surface area (Å²) in [6.07, 6.45) is 1.37. The number of nitrogens with one attached hydrogen (secondary N) is 2. The molecule has 0 aliphatic rings. The van der Waals surface area contributed by atoms with Crippen molar-refractivity contribution in [2.75, 3.05) is 38.0 Å². The standard InChI is InChI=1S/C13H24N4O2S/c1-4-14-13-8-7-12(11-15-13)20(18,19)16-9-10-17(5-2)6-3/h7-8,11,16H,4-6,9-10H2,1-3H3,(H,14,15). The normalized spacial score (nSPS) is 11.8. The van der Waals surface area contributed by atoms with Crippen LogP contribution >= 0.6 is 0 Å². The lowest BCUT2D eigenvalue weighted by molar-refractivity contribution is 0.309. The first kappa shape index (κ1) is 16.9. The molecule has 0 fully saturated rings. The van der Waals surface area contributed by atoms with Gasteiger partial charge in [0.2, 0.25) is 10.0 Å². The van der Waals surface area contributed by atoms with Gasteiger partial charge in [0.05, 0.1) is 0 Å². The summed E-state index contributed by atoms with van der Waals surface area (Å²) in [5.41, 5.74) is 0. The van der Waals surface area contributed by atoms with Crippen molar-refractivity contribution in [1.29, 1.82) is 0 Å². The molecule has 0 aliphatic heterocycles. The largest absolute Gasteiger partial charge is 0.370 e. The van der Waals surface area contributed by atoms with Crippen molar-refractivity contribution in [1.82, 2.24) is 14.6 Å². The lowest BCUT2D eigenvalue weighted by atomic mass is 10.4. The van der Waals surface area contributed by atoms with Gasteiger partial charge in [0.1, 0.15) is 10.7 Å². The number of aromatic nitrogens is 1. The fourth-order valence-electron chi connectivity index (χ4n) is 1.79. The summed E-state index contributed by atoms with van der Waals surface area (Å²) in [4.78, 5) is 6.42. The van der Waals surface area contributed by atoms with E-state index in [2.05, 4.69) is 33.8 Å². The monoisotopic (exact) mass is 300 g/mol. The number of hydrogen-bond donors (Lipinski definition) is 2.